The van der Waals surface area contributed by atoms with Gasteiger partial charge in [-0.1, -0.05) is 53.8 Å². The van der Waals surface area contributed by atoms with E-state index in [4.69, 9.17) is 5.26 Å². The molecular weight excluding hydrogens is 390 g/mol. The third kappa shape index (κ3) is 3.48. The zero-order valence-electron chi connectivity index (χ0n) is 14.7. The van der Waals surface area contributed by atoms with E-state index < -0.39 is 10.0 Å². The summed E-state index contributed by atoms with van der Waals surface area (Å²) in [5.41, 5.74) is 1.96. The van der Waals surface area contributed by atoms with Gasteiger partial charge in [0.2, 0.25) is 5.13 Å². The third-order valence-electron chi connectivity index (χ3n) is 4.21. The summed E-state index contributed by atoms with van der Waals surface area (Å²) in [6, 6.07) is 24.9. The summed E-state index contributed by atoms with van der Waals surface area (Å²) < 4.78 is 29.0. The Balaban J connectivity index is 1.84. The quantitative estimate of drug-likeness (QED) is 0.488. The number of anilines is 1. The molecule has 0 aliphatic heterocycles. The van der Waals surface area contributed by atoms with Gasteiger partial charge in [0.15, 0.2) is 0 Å². The number of fused-ring (bicyclic) bond motifs is 1. The third-order valence-corrected chi connectivity index (χ3v) is 7.13. The lowest BCUT2D eigenvalue weighted by Crippen LogP contribution is -2.30. The second-order valence-electron chi connectivity index (χ2n) is 6.10. The highest BCUT2D eigenvalue weighted by atomic mass is 32.2. The van der Waals surface area contributed by atoms with Crippen molar-refractivity contribution in [2.24, 2.45) is 0 Å². The predicted molar refractivity (Wildman–Crippen MR) is 111 cm³/mol. The van der Waals surface area contributed by atoms with Crippen molar-refractivity contribution >= 4 is 36.7 Å². The van der Waals surface area contributed by atoms with Crippen molar-refractivity contribution in [3.63, 3.8) is 0 Å². The van der Waals surface area contributed by atoms with Gasteiger partial charge in [0, 0.05) is 0 Å². The molecule has 0 saturated heterocycles. The van der Waals surface area contributed by atoms with E-state index in [-0.39, 0.29) is 11.4 Å². The summed E-state index contributed by atoms with van der Waals surface area (Å²) >= 11 is 1.33. The van der Waals surface area contributed by atoms with Crippen LogP contribution in [0.4, 0.5) is 5.13 Å². The van der Waals surface area contributed by atoms with E-state index >= 15 is 0 Å². The number of hydrogen-bond donors (Lipinski definition) is 0. The number of nitrogens with zero attached hydrogens (tertiary/aromatic N) is 3. The first-order chi connectivity index (χ1) is 13.6. The minimum atomic E-state index is -3.82. The molecule has 5 nitrogen and oxygen atoms in total. The van der Waals surface area contributed by atoms with Crippen LogP contribution < -0.4 is 4.31 Å². The summed E-state index contributed by atoms with van der Waals surface area (Å²) in [4.78, 5) is 4.74. The van der Waals surface area contributed by atoms with Crippen LogP contribution in [-0.2, 0) is 16.6 Å². The van der Waals surface area contributed by atoms with Gasteiger partial charge in [0.25, 0.3) is 10.0 Å². The van der Waals surface area contributed by atoms with Crippen molar-refractivity contribution in [1.29, 1.82) is 5.26 Å². The zero-order valence-corrected chi connectivity index (χ0v) is 16.3. The van der Waals surface area contributed by atoms with Crippen LogP contribution in [-0.4, -0.2) is 13.4 Å². The van der Waals surface area contributed by atoms with E-state index in [1.165, 1.54) is 15.6 Å². The minimum absolute atomic E-state index is 0.0899. The molecule has 0 aliphatic rings. The monoisotopic (exact) mass is 405 g/mol. The number of benzene rings is 3. The lowest BCUT2D eigenvalue weighted by Gasteiger charge is -2.22. The minimum Gasteiger partial charge on any atom is -0.237 e. The predicted octanol–water partition coefficient (Wildman–Crippen LogP) is 4.56. The average molecular weight is 406 g/mol. The Morgan fingerprint density at radius 3 is 2.46 bits per heavy atom. The molecule has 0 bridgehead atoms. The Morgan fingerprint density at radius 1 is 0.964 bits per heavy atom. The zero-order chi connectivity index (χ0) is 19.6. The largest absolute Gasteiger partial charge is 0.266 e. The van der Waals surface area contributed by atoms with E-state index in [9.17, 15) is 8.42 Å². The number of hydrogen-bond acceptors (Lipinski definition) is 5. The molecule has 0 saturated carbocycles. The Labute approximate surface area is 167 Å². The number of thiazole rings is 1. The first-order valence-electron chi connectivity index (χ1n) is 8.50. The maximum atomic E-state index is 13.4. The molecule has 0 amide bonds. The van der Waals surface area contributed by atoms with Crippen LogP contribution in [0, 0.1) is 11.3 Å². The number of sulfonamides is 1. The van der Waals surface area contributed by atoms with Crippen molar-refractivity contribution in [3.05, 3.63) is 90.0 Å². The second kappa shape index (κ2) is 7.43. The molecule has 0 N–H and O–H groups in total. The molecule has 0 aliphatic carbocycles. The first-order valence-corrected chi connectivity index (χ1v) is 10.8. The van der Waals surface area contributed by atoms with Crippen LogP contribution in [0.25, 0.3) is 10.2 Å². The van der Waals surface area contributed by atoms with Crippen LogP contribution in [0.2, 0.25) is 0 Å². The molecule has 1 aromatic heterocycles. The Hall–Kier alpha value is -3.21. The lowest BCUT2D eigenvalue weighted by atomic mass is 10.1. The molecule has 0 spiro atoms. The van der Waals surface area contributed by atoms with Crippen molar-refractivity contribution < 1.29 is 8.42 Å². The van der Waals surface area contributed by atoms with Crippen LogP contribution in [0.1, 0.15) is 11.1 Å². The topological polar surface area (TPSA) is 74.1 Å². The van der Waals surface area contributed by atoms with Crippen molar-refractivity contribution in [2.75, 3.05) is 4.31 Å². The summed E-state index contributed by atoms with van der Waals surface area (Å²) in [6.07, 6.45) is 0. The molecule has 4 rings (SSSR count). The number of rotatable bonds is 5. The van der Waals surface area contributed by atoms with Gasteiger partial charge in [0.1, 0.15) is 0 Å². The molecule has 7 heteroatoms. The molecule has 0 radical (unpaired) electrons. The molecule has 28 heavy (non-hydrogen) atoms. The van der Waals surface area contributed by atoms with Crippen LogP contribution in [0.3, 0.4) is 0 Å². The van der Waals surface area contributed by atoms with Gasteiger partial charge in [-0.15, -0.1) is 0 Å². The van der Waals surface area contributed by atoms with Gasteiger partial charge < -0.3 is 0 Å². The number of aromatic nitrogens is 1. The summed E-state index contributed by atoms with van der Waals surface area (Å²) in [6.45, 7) is 0.0899. The van der Waals surface area contributed by atoms with Gasteiger partial charge in [-0.25, -0.2) is 17.7 Å². The summed E-state index contributed by atoms with van der Waals surface area (Å²) in [7, 11) is -3.82. The normalized spacial score (nSPS) is 11.2. The molecule has 3 aromatic carbocycles. The summed E-state index contributed by atoms with van der Waals surface area (Å²) in [5.74, 6) is 0. The molecule has 1 heterocycles. The number of para-hydroxylation sites is 1. The Morgan fingerprint density at radius 2 is 1.71 bits per heavy atom. The van der Waals surface area contributed by atoms with Gasteiger partial charge >= 0.3 is 0 Å². The Kier molecular flexibility index (Phi) is 4.82. The van der Waals surface area contributed by atoms with E-state index in [1.807, 2.05) is 30.3 Å². The van der Waals surface area contributed by atoms with E-state index in [0.29, 0.717) is 10.7 Å². The highest BCUT2D eigenvalue weighted by molar-refractivity contribution is 7.93. The fourth-order valence-corrected chi connectivity index (χ4v) is 5.45. The molecule has 138 valence electrons. The highest BCUT2D eigenvalue weighted by Gasteiger charge is 2.27. The maximum Gasteiger partial charge on any atom is 0.266 e. The van der Waals surface area contributed by atoms with E-state index in [1.54, 1.807) is 48.5 Å². The lowest BCUT2D eigenvalue weighted by molar-refractivity contribution is 0.590. The van der Waals surface area contributed by atoms with E-state index in [0.717, 1.165) is 15.8 Å². The van der Waals surface area contributed by atoms with Crippen LogP contribution in [0.5, 0.6) is 0 Å². The summed E-state index contributed by atoms with van der Waals surface area (Å²) in [5, 5.41) is 9.55. The fraction of sp³-hybridized carbons (Fsp3) is 0.0476. The molecule has 4 aromatic rings. The second-order valence-corrected chi connectivity index (χ2v) is 8.97. The standard InChI is InChI=1S/C21H15N3O2S2/c22-14-16-7-6-8-17(13-16)15-24(28(25,26)18-9-2-1-3-10-18)21-23-19-11-4-5-12-20(19)27-21/h1-13H,15H2. The van der Waals surface area contributed by atoms with Crippen molar-refractivity contribution in [2.45, 2.75) is 11.4 Å². The average Bonchev–Trinajstić information content (AvgIpc) is 3.16. The highest BCUT2D eigenvalue weighted by Crippen LogP contribution is 2.33. The van der Waals surface area contributed by atoms with Crippen molar-refractivity contribution in [1.82, 2.24) is 4.98 Å². The van der Waals surface area contributed by atoms with Crippen LogP contribution >= 0.6 is 11.3 Å². The SMILES string of the molecule is N#Cc1cccc(CN(c2nc3ccccc3s2)S(=O)(=O)c2ccccc2)c1. The maximum absolute atomic E-state index is 13.4. The van der Waals surface area contributed by atoms with Gasteiger partial charge in [-0.05, 0) is 42.0 Å². The first kappa shape index (κ1) is 18.2. The smallest absolute Gasteiger partial charge is 0.237 e. The van der Waals surface area contributed by atoms with Crippen molar-refractivity contribution in [3.8, 4) is 6.07 Å². The fourth-order valence-electron chi connectivity index (χ4n) is 2.85. The Bertz CT molecular complexity index is 1240. The van der Waals surface area contributed by atoms with Gasteiger partial charge in [0.05, 0.1) is 33.3 Å². The van der Waals surface area contributed by atoms with Gasteiger partial charge in [-0.2, -0.15) is 5.26 Å². The molecule has 0 unspecified atom stereocenters. The molecular formula is C21H15N3O2S2. The number of nitriles is 1. The molecule has 0 atom stereocenters. The van der Waals surface area contributed by atoms with Gasteiger partial charge in [-0.3, -0.25) is 0 Å². The van der Waals surface area contributed by atoms with Crippen LogP contribution in [0.15, 0.2) is 83.8 Å². The molecule has 0 fully saturated rings. The van der Waals surface area contributed by atoms with E-state index in [2.05, 4.69) is 11.1 Å².